The molecule has 100 valence electrons. The van der Waals surface area contributed by atoms with Crippen LogP contribution in [0.15, 0.2) is 18.2 Å². The first-order valence-corrected chi connectivity index (χ1v) is 6.54. The van der Waals surface area contributed by atoms with Gasteiger partial charge in [-0.3, -0.25) is 9.80 Å². The first-order valence-electron chi connectivity index (χ1n) is 6.54. The predicted molar refractivity (Wildman–Crippen MR) is 70.1 cm³/mol. The third-order valence-corrected chi connectivity index (χ3v) is 3.69. The molecular weight excluding hydrogens is 231 g/mol. The minimum atomic E-state index is -0.289. The highest BCUT2D eigenvalue weighted by Crippen LogP contribution is 2.21. The number of likely N-dealkylation sites (N-methyl/N-ethyl adjacent to an activating group) is 1. The van der Waals surface area contributed by atoms with Gasteiger partial charge < -0.3 is 5.11 Å². The Bertz CT molecular complexity index is 411. The van der Waals surface area contributed by atoms with Gasteiger partial charge in [-0.25, -0.2) is 4.39 Å². The Morgan fingerprint density at radius 2 is 2.17 bits per heavy atom. The Hall–Kier alpha value is -1.13. The van der Waals surface area contributed by atoms with Crippen molar-refractivity contribution in [1.29, 1.82) is 0 Å². The number of piperazine rings is 1. The van der Waals surface area contributed by atoms with Crippen LogP contribution in [0.1, 0.15) is 19.4 Å². The average Bonchev–Trinajstić information content (AvgIpc) is 2.34. The zero-order chi connectivity index (χ0) is 13.1. The van der Waals surface area contributed by atoms with E-state index in [0.29, 0.717) is 18.2 Å². The summed E-state index contributed by atoms with van der Waals surface area (Å²) in [7, 11) is 0. The molecule has 0 amide bonds. The summed E-state index contributed by atoms with van der Waals surface area (Å²) in [5, 5.41) is 9.73. The molecule has 1 N–H and O–H groups in total. The van der Waals surface area contributed by atoms with Gasteiger partial charge in [0.15, 0.2) is 0 Å². The molecule has 0 aliphatic carbocycles. The lowest BCUT2D eigenvalue weighted by Crippen LogP contribution is -2.51. The average molecular weight is 252 g/mol. The van der Waals surface area contributed by atoms with Crippen molar-refractivity contribution in [2.24, 2.45) is 0 Å². The zero-order valence-electron chi connectivity index (χ0n) is 11.1. The molecule has 0 spiro atoms. The van der Waals surface area contributed by atoms with E-state index in [4.69, 9.17) is 0 Å². The lowest BCUT2D eigenvalue weighted by atomic mass is 10.1. The molecule has 0 aromatic heterocycles. The van der Waals surface area contributed by atoms with Gasteiger partial charge in [0, 0.05) is 37.8 Å². The predicted octanol–water partition coefficient (Wildman–Crippen LogP) is 2.06. The van der Waals surface area contributed by atoms with E-state index in [1.54, 1.807) is 0 Å². The van der Waals surface area contributed by atoms with Crippen molar-refractivity contribution >= 4 is 0 Å². The van der Waals surface area contributed by atoms with Crippen LogP contribution < -0.4 is 0 Å². The molecule has 0 radical (unpaired) electrons. The summed E-state index contributed by atoms with van der Waals surface area (Å²) in [6, 6.07) is 4.65. The molecular formula is C14H21FN2O. The fourth-order valence-corrected chi connectivity index (χ4v) is 2.61. The standard InChI is InChI=1S/C14H21FN2O/c1-3-17-7-6-16(9-11(17)2)10-12-8-13(15)4-5-14(12)18/h4-5,8,11,18H,3,6-7,9-10H2,1-2H3. The Morgan fingerprint density at radius 1 is 1.39 bits per heavy atom. The Morgan fingerprint density at radius 3 is 2.83 bits per heavy atom. The van der Waals surface area contributed by atoms with E-state index >= 15 is 0 Å². The van der Waals surface area contributed by atoms with Crippen LogP contribution in [-0.4, -0.2) is 47.1 Å². The van der Waals surface area contributed by atoms with Gasteiger partial charge in [0.1, 0.15) is 11.6 Å². The molecule has 18 heavy (non-hydrogen) atoms. The number of phenolic OH excluding ortho intramolecular Hbond substituents is 1. The van der Waals surface area contributed by atoms with Crippen molar-refractivity contribution in [1.82, 2.24) is 9.80 Å². The third kappa shape index (κ3) is 3.00. The Balaban J connectivity index is 2.00. The molecule has 1 fully saturated rings. The van der Waals surface area contributed by atoms with Gasteiger partial charge in [-0.2, -0.15) is 0 Å². The van der Waals surface area contributed by atoms with Gasteiger partial charge in [-0.15, -0.1) is 0 Å². The minimum Gasteiger partial charge on any atom is -0.508 e. The van der Waals surface area contributed by atoms with Gasteiger partial charge in [-0.05, 0) is 31.7 Å². The second kappa shape index (κ2) is 5.67. The third-order valence-electron chi connectivity index (χ3n) is 3.69. The lowest BCUT2D eigenvalue weighted by Gasteiger charge is -2.39. The van der Waals surface area contributed by atoms with E-state index in [0.717, 1.165) is 26.2 Å². The second-order valence-electron chi connectivity index (χ2n) is 4.99. The maximum Gasteiger partial charge on any atom is 0.123 e. The highest BCUT2D eigenvalue weighted by molar-refractivity contribution is 5.32. The molecule has 1 aromatic carbocycles. The number of rotatable bonds is 3. The smallest absolute Gasteiger partial charge is 0.123 e. The summed E-state index contributed by atoms with van der Waals surface area (Å²) in [6.07, 6.45) is 0. The normalized spacial score (nSPS) is 22.3. The van der Waals surface area contributed by atoms with Crippen LogP contribution in [0.25, 0.3) is 0 Å². The van der Waals surface area contributed by atoms with E-state index in [9.17, 15) is 9.50 Å². The molecule has 1 aliphatic heterocycles. The zero-order valence-corrected chi connectivity index (χ0v) is 11.1. The molecule has 3 nitrogen and oxygen atoms in total. The van der Waals surface area contributed by atoms with Gasteiger partial charge in [0.25, 0.3) is 0 Å². The minimum absolute atomic E-state index is 0.182. The fraction of sp³-hybridized carbons (Fsp3) is 0.571. The van der Waals surface area contributed by atoms with Crippen molar-refractivity contribution in [3.05, 3.63) is 29.6 Å². The van der Waals surface area contributed by atoms with Crippen LogP contribution in [0.2, 0.25) is 0 Å². The Labute approximate surface area is 108 Å². The summed E-state index contributed by atoms with van der Waals surface area (Å²) in [5.41, 5.74) is 0.673. The fourth-order valence-electron chi connectivity index (χ4n) is 2.61. The van der Waals surface area contributed by atoms with Crippen LogP contribution >= 0.6 is 0 Å². The summed E-state index contributed by atoms with van der Waals surface area (Å²) in [6.45, 7) is 9.03. The number of hydrogen-bond acceptors (Lipinski definition) is 3. The van der Waals surface area contributed by atoms with Crippen molar-refractivity contribution < 1.29 is 9.50 Å². The summed E-state index contributed by atoms with van der Waals surface area (Å²) < 4.78 is 13.2. The molecule has 1 saturated heterocycles. The topological polar surface area (TPSA) is 26.7 Å². The molecule has 1 heterocycles. The monoisotopic (exact) mass is 252 g/mol. The molecule has 2 rings (SSSR count). The highest BCUT2D eigenvalue weighted by atomic mass is 19.1. The van der Waals surface area contributed by atoms with E-state index in [1.165, 1.54) is 18.2 Å². The van der Waals surface area contributed by atoms with Crippen LogP contribution in [0.5, 0.6) is 5.75 Å². The number of hydrogen-bond donors (Lipinski definition) is 1. The molecule has 0 saturated carbocycles. The quantitative estimate of drug-likeness (QED) is 0.892. The van der Waals surface area contributed by atoms with E-state index in [-0.39, 0.29) is 11.6 Å². The lowest BCUT2D eigenvalue weighted by molar-refractivity contribution is 0.0829. The van der Waals surface area contributed by atoms with E-state index in [2.05, 4.69) is 23.6 Å². The van der Waals surface area contributed by atoms with Crippen LogP contribution in [0.4, 0.5) is 4.39 Å². The van der Waals surface area contributed by atoms with Crippen LogP contribution in [0.3, 0.4) is 0 Å². The summed E-state index contributed by atoms with van der Waals surface area (Å²) in [4.78, 5) is 4.70. The molecule has 0 bridgehead atoms. The van der Waals surface area contributed by atoms with Crippen molar-refractivity contribution in [2.45, 2.75) is 26.4 Å². The van der Waals surface area contributed by atoms with Crippen molar-refractivity contribution in [3.8, 4) is 5.75 Å². The maximum absolute atomic E-state index is 13.2. The number of nitrogens with zero attached hydrogens (tertiary/aromatic N) is 2. The number of benzene rings is 1. The van der Waals surface area contributed by atoms with Gasteiger partial charge >= 0.3 is 0 Å². The van der Waals surface area contributed by atoms with Gasteiger partial charge in [0.05, 0.1) is 0 Å². The van der Waals surface area contributed by atoms with Crippen molar-refractivity contribution in [2.75, 3.05) is 26.2 Å². The maximum atomic E-state index is 13.2. The molecule has 1 unspecified atom stereocenters. The number of halogens is 1. The first kappa shape index (κ1) is 13.3. The van der Waals surface area contributed by atoms with Gasteiger partial charge in [-0.1, -0.05) is 6.92 Å². The summed E-state index contributed by atoms with van der Waals surface area (Å²) in [5.74, 6) is -0.106. The van der Waals surface area contributed by atoms with Gasteiger partial charge in [0.2, 0.25) is 0 Å². The number of aromatic hydroxyl groups is 1. The molecule has 1 atom stereocenters. The highest BCUT2D eigenvalue weighted by Gasteiger charge is 2.22. The van der Waals surface area contributed by atoms with Crippen LogP contribution in [-0.2, 0) is 6.54 Å². The summed E-state index contributed by atoms with van der Waals surface area (Å²) >= 11 is 0. The van der Waals surface area contributed by atoms with Crippen LogP contribution in [0, 0.1) is 5.82 Å². The van der Waals surface area contributed by atoms with Crippen molar-refractivity contribution in [3.63, 3.8) is 0 Å². The SMILES string of the molecule is CCN1CCN(Cc2cc(F)ccc2O)CC1C. The van der Waals surface area contributed by atoms with E-state index < -0.39 is 0 Å². The molecule has 4 heteroatoms. The van der Waals surface area contributed by atoms with E-state index in [1.807, 2.05) is 0 Å². The second-order valence-corrected chi connectivity index (χ2v) is 4.99. The largest absolute Gasteiger partial charge is 0.508 e. The first-order chi connectivity index (χ1) is 8.60. The molecule has 1 aromatic rings. The molecule has 1 aliphatic rings. The Kier molecular flexibility index (Phi) is 4.19. The number of phenols is 1.